The van der Waals surface area contributed by atoms with E-state index in [1.807, 2.05) is 37.3 Å². The van der Waals surface area contributed by atoms with Crippen LogP contribution in [-0.2, 0) is 4.79 Å². The number of halogens is 1. The molecule has 0 radical (unpaired) electrons. The van der Waals surface area contributed by atoms with E-state index in [1.54, 1.807) is 0 Å². The van der Waals surface area contributed by atoms with Crippen molar-refractivity contribution in [2.75, 3.05) is 5.32 Å². The molecular formula is C13H13FN2OS. The highest BCUT2D eigenvalue weighted by molar-refractivity contribution is 7.14. The van der Waals surface area contributed by atoms with Crippen molar-refractivity contribution in [1.82, 2.24) is 4.98 Å². The van der Waals surface area contributed by atoms with Crippen LogP contribution in [0.15, 0.2) is 36.5 Å². The molecule has 0 fully saturated rings. The first-order valence-electron chi connectivity index (χ1n) is 5.68. The van der Waals surface area contributed by atoms with E-state index < -0.39 is 5.13 Å². The lowest BCUT2D eigenvalue weighted by Gasteiger charge is -2.13. The van der Waals surface area contributed by atoms with Crippen LogP contribution in [-0.4, -0.2) is 10.9 Å². The predicted molar refractivity (Wildman–Crippen MR) is 70.2 cm³/mol. The molecule has 2 rings (SSSR count). The Kier molecular flexibility index (Phi) is 4.04. The van der Waals surface area contributed by atoms with Crippen molar-refractivity contribution >= 4 is 22.4 Å². The molecule has 2 aromatic rings. The minimum absolute atomic E-state index is 0.155. The number of hydrogen-bond donors (Lipinski definition) is 1. The lowest BCUT2D eigenvalue weighted by Crippen LogP contribution is -2.20. The zero-order valence-electron chi connectivity index (χ0n) is 9.89. The summed E-state index contributed by atoms with van der Waals surface area (Å²) < 4.78 is 12.8. The number of anilines is 1. The molecule has 1 unspecified atom stereocenters. The second-order valence-electron chi connectivity index (χ2n) is 3.83. The van der Waals surface area contributed by atoms with Gasteiger partial charge in [0.15, 0.2) is 10.3 Å². The maximum Gasteiger partial charge on any atom is 0.233 e. The lowest BCUT2D eigenvalue weighted by molar-refractivity contribution is -0.117. The van der Waals surface area contributed by atoms with Crippen LogP contribution < -0.4 is 5.32 Å². The van der Waals surface area contributed by atoms with Crippen LogP contribution >= 0.6 is 11.3 Å². The number of nitrogens with one attached hydrogen (secondary N) is 1. The SMILES string of the molecule is CCC(C(=O)Nc1ncc(F)s1)c1ccccc1. The van der Waals surface area contributed by atoms with Gasteiger partial charge in [-0.3, -0.25) is 4.79 Å². The summed E-state index contributed by atoms with van der Waals surface area (Å²) in [6.07, 6.45) is 1.79. The Morgan fingerprint density at radius 1 is 1.44 bits per heavy atom. The van der Waals surface area contributed by atoms with Crippen molar-refractivity contribution in [2.45, 2.75) is 19.3 Å². The first kappa shape index (κ1) is 12.7. The monoisotopic (exact) mass is 264 g/mol. The van der Waals surface area contributed by atoms with Crippen molar-refractivity contribution in [3.63, 3.8) is 0 Å². The number of thiazole rings is 1. The summed E-state index contributed by atoms with van der Waals surface area (Å²) in [6, 6.07) is 9.53. The Morgan fingerprint density at radius 3 is 2.72 bits per heavy atom. The number of rotatable bonds is 4. The second kappa shape index (κ2) is 5.73. The van der Waals surface area contributed by atoms with Gasteiger partial charge in [-0.05, 0) is 12.0 Å². The highest BCUT2D eigenvalue weighted by Crippen LogP contribution is 2.23. The number of carbonyl (C=O) groups is 1. The van der Waals surface area contributed by atoms with Gasteiger partial charge in [-0.1, -0.05) is 48.6 Å². The Bertz CT molecular complexity index is 527. The normalized spacial score (nSPS) is 12.1. The zero-order chi connectivity index (χ0) is 13.0. The fourth-order valence-corrected chi connectivity index (χ4v) is 2.31. The second-order valence-corrected chi connectivity index (χ2v) is 4.81. The largest absolute Gasteiger partial charge is 0.301 e. The third-order valence-electron chi connectivity index (χ3n) is 2.63. The van der Waals surface area contributed by atoms with Crippen LogP contribution in [0.5, 0.6) is 0 Å². The molecule has 1 N–H and O–H groups in total. The highest BCUT2D eigenvalue weighted by Gasteiger charge is 2.19. The third-order valence-corrected chi connectivity index (χ3v) is 3.34. The van der Waals surface area contributed by atoms with E-state index in [1.165, 1.54) is 0 Å². The molecule has 94 valence electrons. The van der Waals surface area contributed by atoms with Crippen LogP contribution in [0.2, 0.25) is 0 Å². The van der Waals surface area contributed by atoms with Crippen LogP contribution in [0.4, 0.5) is 9.52 Å². The number of hydrogen-bond acceptors (Lipinski definition) is 3. The van der Waals surface area contributed by atoms with Crippen LogP contribution in [0, 0.1) is 5.13 Å². The van der Waals surface area contributed by atoms with E-state index in [0.29, 0.717) is 11.6 Å². The molecule has 0 aliphatic rings. The molecule has 5 heteroatoms. The van der Waals surface area contributed by atoms with Crippen LogP contribution in [0.1, 0.15) is 24.8 Å². The number of carbonyl (C=O) groups excluding carboxylic acids is 1. The lowest BCUT2D eigenvalue weighted by atomic mass is 9.96. The molecule has 0 aliphatic heterocycles. The molecule has 0 saturated carbocycles. The van der Waals surface area contributed by atoms with Gasteiger partial charge in [-0.15, -0.1) is 0 Å². The number of amides is 1. The summed E-state index contributed by atoms with van der Waals surface area (Å²) in [5, 5.41) is 2.53. The van der Waals surface area contributed by atoms with Crippen molar-refractivity contribution in [1.29, 1.82) is 0 Å². The van der Waals surface area contributed by atoms with Gasteiger partial charge in [0.1, 0.15) is 0 Å². The topological polar surface area (TPSA) is 42.0 Å². The first-order chi connectivity index (χ1) is 8.70. The summed E-state index contributed by atoms with van der Waals surface area (Å²) in [5.74, 6) is -0.392. The molecule has 0 spiro atoms. The van der Waals surface area contributed by atoms with Crippen molar-refractivity contribution < 1.29 is 9.18 Å². The van der Waals surface area contributed by atoms with E-state index in [0.717, 1.165) is 23.1 Å². The zero-order valence-corrected chi connectivity index (χ0v) is 10.7. The predicted octanol–water partition coefficient (Wildman–Crippen LogP) is 3.41. The molecule has 3 nitrogen and oxygen atoms in total. The van der Waals surface area contributed by atoms with E-state index in [4.69, 9.17) is 0 Å². The van der Waals surface area contributed by atoms with Gasteiger partial charge in [0.2, 0.25) is 5.91 Å². The average molecular weight is 264 g/mol. The molecule has 1 heterocycles. The summed E-state index contributed by atoms with van der Waals surface area (Å²) in [5.41, 5.74) is 0.953. The van der Waals surface area contributed by atoms with E-state index in [2.05, 4.69) is 10.3 Å². The molecular weight excluding hydrogens is 251 g/mol. The van der Waals surface area contributed by atoms with Crippen molar-refractivity contribution in [3.8, 4) is 0 Å². The van der Waals surface area contributed by atoms with E-state index >= 15 is 0 Å². The molecule has 1 aromatic carbocycles. The maximum absolute atomic E-state index is 12.8. The van der Waals surface area contributed by atoms with Gasteiger partial charge in [-0.2, -0.15) is 4.39 Å². The van der Waals surface area contributed by atoms with E-state index in [9.17, 15) is 9.18 Å². The van der Waals surface area contributed by atoms with Gasteiger partial charge in [0, 0.05) is 0 Å². The summed E-state index contributed by atoms with van der Waals surface area (Å²) >= 11 is 0.829. The molecule has 0 aliphatic carbocycles. The minimum Gasteiger partial charge on any atom is -0.301 e. The Balaban J connectivity index is 2.11. The average Bonchev–Trinajstić information content (AvgIpc) is 2.77. The number of benzene rings is 1. The number of nitrogens with zero attached hydrogens (tertiary/aromatic N) is 1. The smallest absolute Gasteiger partial charge is 0.233 e. The molecule has 18 heavy (non-hydrogen) atoms. The van der Waals surface area contributed by atoms with Gasteiger partial charge >= 0.3 is 0 Å². The fourth-order valence-electron chi connectivity index (χ4n) is 1.76. The van der Waals surface area contributed by atoms with Gasteiger partial charge in [0.05, 0.1) is 12.1 Å². The molecule has 0 bridgehead atoms. The minimum atomic E-state index is -0.405. The quantitative estimate of drug-likeness (QED) is 0.919. The van der Waals surface area contributed by atoms with Gasteiger partial charge < -0.3 is 5.32 Å². The first-order valence-corrected chi connectivity index (χ1v) is 6.49. The van der Waals surface area contributed by atoms with Crippen LogP contribution in [0.25, 0.3) is 0 Å². The standard InChI is InChI=1S/C13H13FN2OS/c1-2-10(9-6-4-3-5-7-9)12(17)16-13-15-8-11(14)18-13/h3-8,10H,2H2,1H3,(H,15,16,17). The summed E-state index contributed by atoms with van der Waals surface area (Å²) in [4.78, 5) is 15.9. The fraction of sp³-hybridized carbons (Fsp3) is 0.231. The molecule has 1 atom stereocenters. The maximum atomic E-state index is 12.8. The Hall–Kier alpha value is -1.75. The highest BCUT2D eigenvalue weighted by atomic mass is 32.1. The van der Waals surface area contributed by atoms with Crippen molar-refractivity contribution in [2.24, 2.45) is 0 Å². The van der Waals surface area contributed by atoms with Gasteiger partial charge in [0.25, 0.3) is 0 Å². The van der Waals surface area contributed by atoms with E-state index in [-0.39, 0.29) is 11.8 Å². The number of aromatic nitrogens is 1. The van der Waals surface area contributed by atoms with Crippen LogP contribution in [0.3, 0.4) is 0 Å². The summed E-state index contributed by atoms with van der Waals surface area (Å²) in [7, 11) is 0. The Morgan fingerprint density at radius 2 is 2.17 bits per heavy atom. The molecule has 1 amide bonds. The van der Waals surface area contributed by atoms with Gasteiger partial charge in [-0.25, -0.2) is 4.98 Å². The molecule has 1 aromatic heterocycles. The molecule has 0 saturated heterocycles. The summed E-state index contributed by atoms with van der Waals surface area (Å²) in [6.45, 7) is 1.94. The van der Waals surface area contributed by atoms with Crippen molar-refractivity contribution in [3.05, 3.63) is 47.2 Å². The Labute approximate surface area is 109 Å². The third kappa shape index (κ3) is 2.92.